The summed E-state index contributed by atoms with van der Waals surface area (Å²) in [7, 11) is 1.62. The Balaban J connectivity index is 1.40. The van der Waals surface area contributed by atoms with E-state index in [9.17, 15) is 9.59 Å². The van der Waals surface area contributed by atoms with Crippen LogP contribution in [-0.2, 0) is 17.9 Å². The molecule has 2 heterocycles. The number of methoxy groups -OCH3 is 1. The summed E-state index contributed by atoms with van der Waals surface area (Å²) in [5.41, 5.74) is 2.42. The van der Waals surface area contributed by atoms with E-state index in [-0.39, 0.29) is 18.4 Å². The van der Waals surface area contributed by atoms with E-state index < -0.39 is 0 Å². The maximum atomic E-state index is 12.7. The van der Waals surface area contributed by atoms with Gasteiger partial charge >= 0.3 is 0 Å². The number of nitrogens with one attached hydrogen (secondary N) is 1. The lowest BCUT2D eigenvalue weighted by molar-refractivity contribution is -0.131. The number of carbonyl (C=O) groups excluding carboxylic acids is 2. The molecule has 1 aromatic heterocycles. The molecule has 2 amide bonds. The molecule has 3 aromatic rings. The van der Waals surface area contributed by atoms with Crippen LogP contribution in [0.25, 0.3) is 10.9 Å². The number of benzene rings is 2. The van der Waals surface area contributed by atoms with E-state index in [0.29, 0.717) is 12.1 Å². The van der Waals surface area contributed by atoms with Gasteiger partial charge in [-0.2, -0.15) is 5.10 Å². The Morgan fingerprint density at radius 3 is 2.48 bits per heavy atom. The van der Waals surface area contributed by atoms with Crippen LogP contribution in [0, 0.1) is 0 Å². The molecular weight excluding hydrogens is 392 g/mol. The first-order valence-corrected chi connectivity index (χ1v) is 10.8. The largest absolute Gasteiger partial charge is 0.497 e. The van der Waals surface area contributed by atoms with Crippen LogP contribution in [0.4, 0.5) is 0 Å². The van der Waals surface area contributed by atoms with Crippen molar-refractivity contribution in [3.63, 3.8) is 0 Å². The van der Waals surface area contributed by atoms with Gasteiger partial charge in [0.2, 0.25) is 5.91 Å². The molecule has 1 aliphatic rings. The fourth-order valence-corrected chi connectivity index (χ4v) is 3.93. The monoisotopic (exact) mass is 420 g/mol. The van der Waals surface area contributed by atoms with E-state index in [1.54, 1.807) is 24.1 Å². The number of amides is 2. The molecule has 0 atom stereocenters. The third kappa shape index (κ3) is 5.05. The molecule has 0 aliphatic carbocycles. The van der Waals surface area contributed by atoms with Crippen LogP contribution in [-0.4, -0.2) is 46.7 Å². The van der Waals surface area contributed by atoms with Crippen molar-refractivity contribution in [3.05, 3.63) is 59.8 Å². The molecule has 1 aliphatic heterocycles. The highest BCUT2D eigenvalue weighted by atomic mass is 16.5. The van der Waals surface area contributed by atoms with Gasteiger partial charge in [-0.3, -0.25) is 14.3 Å². The van der Waals surface area contributed by atoms with E-state index in [1.165, 1.54) is 12.8 Å². The van der Waals surface area contributed by atoms with Gasteiger partial charge in [0.15, 0.2) is 0 Å². The second kappa shape index (κ2) is 9.64. The topological polar surface area (TPSA) is 76.5 Å². The average Bonchev–Trinajstić information content (AvgIpc) is 3.00. The molecule has 7 nitrogen and oxygen atoms in total. The number of nitrogens with zero attached hydrogens (tertiary/aromatic N) is 3. The first-order valence-electron chi connectivity index (χ1n) is 10.8. The van der Waals surface area contributed by atoms with Crippen molar-refractivity contribution in [2.75, 3.05) is 20.2 Å². The van der Waals surface area contributed by atoms with Gasteiger partial charge in [-0.1, -0.05) is 25.0 Å². The first-order chi connectivity index (χ1) is 15.1. The Kier molecular flexibility index (Phi) is 6.50. The second-order valence-electron chi connectivity index (χ2n) is 7.90. The van der Waals surface area contributed by atoms with Gasteiger partial charge in [0.05, 0.1) is 18.8 Å². The van der Waals surface area contributed by atoms with Gasteiger partial charge in [-0.05, 0) is 48.7 Å². The summed E-state index contributed by atoms with van der Waals surface area (Å²) in [6.45, 7) is 2.32. The Labute approximate surface area is 182 Å². The van der Waals surface area contributed by atoms with E-state index >= 15 is 0 Å². The van der Waals surface area contributed by atoms with Crippen molar-refractivity contribution in [3.8, 4) is 5.75 Å². The van der Waals surface area contributed by atoms with Gasteiger partial charge < -0.3 is 15.0 Å². The normalized spacial score (nSPS) is 14.3. The summed E-state index contributed by atoms with van der Waals surface area (Å²) in [6.07, 6.45) is 6.24. The van der Waals surface area contributed by atoms with Crippen LogP contribution in [0.1, 0.15) is 41.6 Å². The predicted molar refractivity (Wildman–Crippen MR) is 119 cm³/mol. The highest BCUT2D eigenvalue weighted by Gasteiger charge is 2.17. The molecule has 0 saturated carbocycles. The molecule has 2 aromatic carbocycles. The van der Waals surface area contributed by atoms with Gasteiger partial charge in [0.25, 0.3) is 5.91 Å². The number of aromatic nitrogens is 2. The number of ether oxygens (including phenoxy) is 1. The number of carbonyl (C=O) groups is 2. The van der Waals surface area contributed by atoms with Crippen molar-refractivity contribution < 1.29 is 14.3 Å². The van der Waals surface area contributed by atoms with Crippen LogP contribution < -0.4 is 10.1 Å². The standard InChI is InChI=1S/C24H28N4O3/c1-31-21-9-6-18(7-10-21)15-25-24(30)19-8-11-22-20(14-19)16-26-28(22)17-23(29)27-12-4-2-3-5-13-27/h6-11,14,16H,2-5,12-13,15,17H2,1H3,(H,25,30). The molecule has 1 N–H and O–H groups in total. The lowest BCUT2D eigenvalue weighted by Gasteiger charge is -2.20. The third-order valence-electron chi connectivity index (χ3n) is 5.76. The summed E-state index contributed by atoms with van der Waals surface area (Å²) in [4.78, 5) is 27.2. The van der Waals surface area contributed by atoms with Crippen LogP contribution in [0.5, 0.6) is 5.75 Å². The van der Waals surface area contributed by atoms with Gasteiger partial charge in [-0.15, -0.1) is 0 Å². The van der Waals surface area contributed by atoms with Crippen molar-refractivity contribution in [2.45, 2.75) is 38.8 Å². The summed E-state index contributed by atoms with van der Waals surface area (Å²) >= 11 is 0. The van der Waals surface area contributed by atoms with Gasteiger partial charge in [0, 0.05) is 30.6 Å². The molecular formula is C24H28N4O3. The minimum absolute atomic E-state index is 0.105. The number of fused-ring (bicyclic) bond motifs is 1. The minimum Gasteiger partial charge on any atom is -0.497 e. The van der Waals surface area contributed by atoms with E-state index in [4.69, 9.17) is 4.74 Å². The zero-order valence-corrected chi connectivity index (χ0v) is 17.8. The van der Waals surface area contributed by atoms with Gasteiger partial charge in [-0.25, -0.2) is 0 Å². The minimum atomic E-state index is -0.147. The maximum absolute atomic E-state index is 12.7. The second-order valence-corrected chi connectivity index (χ2v) is 7.90. The number of hydrogen-bond donors (Lipinski definition) is 1. The maximum Gasteiger partial charge on any atom is 0.251 e. The predicted octanol–water partition coefficient (Wildman–Crippen LogP) is 3.38. The summed E-state index contributed by atoms with van der Waals surface area (Å²) in [5, 5.41) is 8.18. The molecule has 1 fully saturated rings. The van der Waals surface area contributed by atoms with Crippen LogP contribution >= 0.6 is 0 Å². The fraction of sp³-hybridized carbons (Fsp3) is 0.375. The van der Waals surface area contributed by atoms with E-state index in [1.807, 2.05) is 41.3 Å². The van der Waals surface area contributed by atoms with Crippen molar-refractivity contribution in [1.29, 1.82) is 0 Å². The molecule has 0 unspecified atom stereocenters. The third-order valence-corrected chi connectivity index (χ3v) is 5.76. The number of likely N-dealkylation sites (tertiary alicyclic amines) is 1. The Morgan fingerprint density at radius 1 is 1.03 bits per heavy atom. The molecule has 0 bridgehead atoms. The zero-order chi connectivity index (χ0) is 21.6. The molecule has 162 valence electrons. The fourth-order valence-electron chi connectivity index (χ4n) is 3.93. The first kappa shape index (κ1) is 20.9. The van der Waals surface area contributed by atoms with Crippen molar-refractivity contribution in [1.82, 2.24) is 20.0 Å². The molecule has 0 radical (unpaired) electrons. The molecule has 1 saturated heterocycles. The lowest BCUT2D eigenvalue weighted by atomic mass is 10.1. The summed E-state index contributed by atoms with van der Waals surface area (Å²) < 4.78 is 6.88. The summed E-state index contributed by atoms with van der Waals surface area (Å²) in [6, 6.07) is 13.0. The SMILES string of the molecule is COc1ccc(CNC(=O)c2ccc3c(cnn3CC(=O)N3CCCCCC3)c2)cc1. The highest BCUT2D eigenvalue weighted by Crippen LogP contribution is 2.18. The van der Waals surface area contributed by atoms with Crippen LogP contribution in [0.2, 0.25) is 0 Å². The van der Waals surface area contributed by atoms with Crippen molar-refractivity contribution >= 4 is 22.7 Å². The molecule has 7 heteroatoms. The quantitative estimate of drug-likeness (QED) is 0.663. The molecule has 0 spiro atoms. The Hall–Kier alpha value is -3.35. The average molecular weight is 421 g/mol. The van der Waals surface area contributed by atoms with Crippen LogP contribution in [0.3, 0.4) is 0 Å². The molecule has 31 heavy (non-hydrogen) atoms. The van der Waals surface area contributed by atoms with Gasteiger partial charge in [0.1, 0.15) is 12.3 Å². The van der Waals surface area contributed by atoms with E-state index in [2.05, 4.69) is 10.4 Å². The summed E-state index contributed by atoms with van der Waals surface area (Å²) in [5.74, 6) is 0.742. The van der Waals surface area contributed by atoms with Crippen molar-refractivity contribution in [2.24, 2.45) is 0 Å². The van der Waals surface area contributed by atoms with Crippen LogP contribution in [0.15, 0.2) is 48.7 Å². The Bertz CT molecular complexity index is 1050. The zero-order valence-electron chi connectivity index (χ0n) is 17.8. The van der Waals surface area contributed by atoms with E-state index in [0.717, 1.165) is 48.1 Å². The highest BCUT2D eigenvalue weighted by molar-refractivity contribution is 5.98. The molecule has 4 rings (SSSR count). The Morgan fingerprint density at radius 2 is 1.77 bits per heavy atom. The lowest BCUT2D eigenvalue weighted by Crippen LogP contribution is -2.34. The number of hydrogen-bond acceptors (Lipinski definition) is 4. The smallest absolute Gasteiger partial charge is 0.251 e. The number of rotatable bonds is 6.